The first kappa shape index (κ1) is 11.6. The van der Waals surface area contributed by atoms with E-state index in [1.54, 1.807) is 0 Å². The smallest absolute Gasteiger partial charge is 0.212 e. The van der Waals surface area contributed by atoms with Crippen LogP contribution >= 0.6 is 0 Å². The molecule has 2 heteroatoms. The summed E-state index contributed by atoms with van der Waals surface area (Å²) in [5.74, 6) is 0. The highest BCUT2D eigenvalue weighted by atomic mass is 15.1. The quantitative estimate of drug-likeness (QED) is 0.715. The van der Waals surface area contributed by atoms with Gasteiger partial charge in [-0.3, -0.25) is 0 Å². The lowest BCUT2D eigenvalue weighted by molar-refractivity contribution is -0.660. The van der Waals surface area contributed by atoms with Crippen LogP contribution < -0.4 is 9.47 Å². The van der Waals surface area contributed by atoms with Crippen LogP contribution in [0.4, 0.5) is 5.69 Å². The lowest BCUT2D eigenvalue weighted by Crippen LogP contribution is -2.30. The van der Waals surface area contributed by atoms with Gasteiger partial charge in [-0.2, -0.15) is 0 Å². The Balaban J connectivity index is 2.43. The fourth-order valence-corrected chi connectivity index (χ4v) is 1.89. The molecule has 88 valence electrons. The molecule has 2 rings (SSSR count). The highest BCUT2D eigenvalue weighted by Crippen LogP contribution is 2.20. The van der Waals surface area contributed by atoms with Gasteiger partial charge in [-0.1, -0.05) is 0 Å². The van der Waals surface area contributed by atoms with E-state index in [-0.39, 0.29) is 0 Å². The Hall–Kier alpha value is -1.83. The maximum atomic E-state index is 2.21. The van der Waals surface area contributed by atoms with Crippen LogP contribution in [0.3, 0.4) is 0 Å². The molecule has 0 saturated carbocycles. The summed E-state index contributed by atoms with van der Waals surface area (Å²) in [7, 11) is 6.19. The maximum Gasteiger partial charge on any atom is 0.212 e. The van der Waals surface area contributed by atoms with E-state index in [2.05, 4.69) is 80.1 Å². The minimum Gasteiger partial charge on any atom is -0.378 e. The standard InChI is InChI=1S/C15H19N2/c1-12-9-10-17(4)15(11-12)13-5-7-14(8-6-13)16(2)3/h5-11H,1-4H3/q+1. The summed E-state index contributed by atoms with van der Waals surface area (Å²) in [6.07, 6.45) is 2.10. The molecule has 0 aliphatic carbocycles. The second-order valence-electron chi connectivity index (χ2n) is 4.64. The molecule has 0 radical (unpaired) electrons. The van der Waals surface area contributed by atoms with Gasteiger partial charge in [0.1, 0.15) is 7.05 Å². The zero-order chi connectivity index (χ0) is 12.4. The summed E-state index contributed by atoms with van der Waals surface area (Å²) in [4.78, 5) is 2.11. The third kappa shape index (κ3) is 2.47. The largest absolute Gasteiger partial charge is 0.378 e. The van der Waals surface area contributed by atoms with Crippen LogP contribution in [0.25, 0.3) is 11.3 Å². The van der Waals surface area contributed by atoms with Crippen molar-refractivity contribution >= 4 is 5.69 Å². The molecule has 0 bridgehead atoms. The lowest BCUT2D eigenvalue weighted by atomic mass is 10.1. The fraction of sp³-hybridized carbons (Fsp3) is 0.267. The third-order valence-corrected chi connectivity index (χ3v) is 2.98. The van der Waals surface area contributed by atoms with Crippen molar-refractivity contribution in [2.45, 2.75) is 6.92 Å². The number of nitrogens with zero attached hydrogens (tertiary/aromatic N) is 2. The zero-order valence-corrected chi connectivity index (χ0v) is 10.9. The fourth-order valence-electron chi connectivity index (χ4n) is 1.89. The maximum absolute atomic E-state index is 2.21. The minimum atomic E-state index is 1.23. The third-order valence-electron chi connectivity index (χ3n) is 2.98. The molecular formula is C15H19N2+. The van der Waals surface area contributed by atoms with E-state index < -0.39 is 0 Å². The summed E-state index contributed by atoms with van der Waals surface area (Å²) in [5, 5.41) is 0. The van der Waals surface area contributed by atoms with Gasteiger partial charge in [0.2, 0.25) is 5.69 Å². The van der Waals surface area contributed by atoms with E-state index in [9.17, 15) is 0 Å². The van der Waals surface area contributed by atoms with Gasteiger partial charge in [0.25, 0.3) is 0 Å². The number of benzene rings is 1. The molecule has 0 N–H and O–H groups in total. The van der Waals surface area contributed by atoms with Gasteiger partial charge < -0.3 is 4.90 Å². The predicted molar refractivity (Wildman–Crippen MR) is 72.1 cm³/mol. The highest BCUT2D eigenvalue weighted by molar-refractivity contribution is 5.61. The van der Waals surface area contributed by atoms with Gasteiger partial charge in [-0.25, -0.2) is 4.57 Å². The number of hydrogen-bond donors (Lipinski definition) is 0. The first-order valence-electron chi connectivity index (χ1n) is 5.82. The molecule has 0 aliphatic rings. The van der Waals surface area contributed by atoms with E-state index in [0.29, 0.717) is 0 Å². The van der Waals surface area contributed by atoms with Crippen molar-refractivity contribution < 1.29 is 4.57 Å². The normalized spacial score (nSPS) is 10.4. The molecule has 0 unspecified atom stereocenters. The average Bonchev–Trinajstić information content (AvgIpc) is 2.32. The second kappa shape index (κ2) is 4.58. The summed E-state index contributed by atoms with van der Waals surface area (Å²) < 4.78 is 2.15. The van der Waals surface area contributed by atoms with Gasteiger partial charge in [0.15, 0.2) is 6.20 Å². The molecule has 17 heavy (non-hydrogen) atoms. The number of rotatable bonds is 2. The van der Waals surface area contributed by atoms with Gasteiger partial charge in [0.05, 0.1) is 0 Å². The van der Waals surface area contributed by atoms with Crippen molar-refractivity contribution in [1.29, 1.82) is 0 Å². The molecule has 0 spiro atoms. The Kier molecular flexibility index (Phi) is 3.14. The van der Waals surface area contributed by atoms with Crippen LogP contribution in [0.1, 0.15) is 5.56 Å². The average molecular weight is 227 g/mol. The molecule has 1 aromatic carbocycles. The molecule has 0 saturated heterocycles. The van der Waals surface area contributed by atoms with Gasteiger partial charge in [-0.05, 0) is 36.8 Å². The molecule has 0 atom stereocenters. The van der Waals surface area contributed by atoms with Gasteiger partial charge in [-0.15, -0.1) is 0 Å². The Labute approximate surface area is 103 Å². The van der Waals surface area contributed by atoms with Crippen molar-refractivity contribution in [2.75, 3.05) is 19.0 Å². The molecule has 0 amide bonds. The number of aryl methyl sites for hydroxylation is 2. The Bertz CT molecular complexity index is 513. The van der Waals surface area contributed by atoms with E-state index in [1.165, 1.54) is 22.5 Å². The van der Waals surface area contributed by atoms with Crippen molar-refractivity contribution in [3.05, 3.63) is 48.2 Å². The molecule has 1 heterocycles. The molecule has 1 aromatic heterocycles. The van der Waals surface area contributed by atoms with Crippen LogP contribution in [0.5, 0.6) is 0 Å². The SMILES string of the molecule is Cc1cc[n+](C)c(-c2ccc(N(C)C)cc2)c1. The van der Waals surface area contributed by atoms with Gasteiger partial charge in [0, 0.05) is 37.5 Å². The monoisotopic (exact) mass is 227 g/mol. The van der Waals surface area contributed by atoms with E-state index in [1.807, 2.05) is 0 Å². The Morgan fingerprint density at radius 2 is 1.65 bits per heavy atom. The van der Waals surface area contributed by atoms with Crippen LogP contribution in [-0.4, -0.2) is 14.1 Å². The van der Waals surface area contributed by atoms with Crippen LogP contribution in [0.15, 0.2) is 42.6 Å². The molecule has 2 nitrogen and oxygen atoms in total. The van der Waals surface area contributed by atoms with Crippen molar-refractivity contribution in [1.82, 2.24) is 0 Å². The van der Waals surface area contributed by atoms with Crippen molar-refractivity contribution in [3.63, 3.8) is 0 Å². The first-order chi connectivity index (χ1) is 8.08. The zero-order valence-electron chi connectivity index (χ0n) is 10.9. The molecule has 2 aromatic rings. The van der Waals surface area contributed by atoms with Crippen LogP contribution in [0, 0.1) is 6.92 Å². The summed E-state index contributed by atoms with van der Waals surface area (Å²) in [6, 6.07) is 13.0. The summed E-state index contributed by atoms with van der Waals surface area (Å²) in [5.41, 5.74) is 5.01. The highest BCUT2D eigenvalue weighted by Gasteiger charge is 2.09. The van der Waals surface area contributed by atoms with Crippen LogP contribution in [0.2, 0.25) is 0 Å². The molecule has 0 aliphatic heterocycles. The van der Waals surface area contributed by atoms with Crippen molar-refractivity contribution in [2.24, 2.45) is 7.05 Å². The minimum absolute atomic E-state index is 1.23. The van der Waals surface area contributed by atoms with Crippen LogP contribution in [-0.2, 0) is 7.05 Å². The topological polar surface area (TPSA) is 7.12 Å². The predicted octanol–water partition coefficient (Wildman–Crippen LogP) is 2.55. The van der Waals surface area contributed by atoms with E-state index in [4.69, 9.17) is 0 Å². The first-order valence-corrected chi connectivity index (χ1v) is 5.82. The van der Waals surface area contributed by atoms with E-state index >= 15 is 0 Å². The number of anilines is 1. The number of hydrogen-bond acceptors (Lipinski definition) is 1. The lowest BCUT2D eigenvalue weighted by Gasteiger charge is -2.12. The summed E-state index contributed by atoms with van der Waals surface area (Å²) >= 11 is 0. The number of aromatic nitrogens is 1. The Morgan fingerprint density at radius 3 is 2.24 bits per heavy atom. The number of pyridine rings is 1. The second-order valence-corrected chi connectivity index (χ2v) is 4.64. The molecular weight excluding hydrogens is 208 g/mol. The van der Waals surface area contributed by atoms with Crippen molar-refractivity contribution in [3.8, 4) is 11.3 Å². The summed E-state index contributed by atoms with van der Waals surface area (Å²) in [6.45, 7) is 2.12. The van der Waals surface area contributed by atoms with E-state index in [0.717, 1.165) is 0 Å². The molecule has 0 fully saturated rings. The van der Waals surface area contributed by atoms with Gasteiger partial charge >= 0.3 is 0 Å². The Morgan fingerprint density at radius 1 is 1.00 bits per heavy atom.